The number of piperidine rings is 1. The molecule has 4 heteroatoms. The van der Waals surface area contributed by atoms with Crippen molar-refractivity contribution >= 4 is 22.3 Å². The first-order chi connectivity index (χ1) is 8.65. The van der Waals surface area contributed by atoms with Gasteiger partial charge in [0, 0.05) is 25.9 Å². The van der Waals surface area contributed by atoms with Crippen molar-refractivity contribution in [3.05, 3.63) is 10.6 Å². The molecule has 0 radical (unpaired) electrons. The number of anilines is 1. The van der Waals surface area contributed by atoms with Crippen molar-refractivity contribution in [3.63, 3.8) is 0 Å². The third-order valence-corrected chi connectivity index (χ3v) is 5.21. The highest BCUT2D eigenvalue weighted by Gasteiger charge is 2.32. The predicted octanol–water partition coefficient (Wildman–Crippen LogP) is 3.46. The minimum absolute atomic E-state index is 0.186. The molecule has 3 nitrogen and oxygen atoms in total. The van der Waals surface area contributed by atoms with Gasteiger partial charge in [0.05, 0.1) is 10.6 Å². The van der Waals surface area contributed by atoms with E-state index in [1.54, 1.807) is 18.3 Å². The van der Waals surface area contributed by atoms with Crippen LogP contribution in [0.5, 0.6) is 0 Å². The first-order valence-electron chi connectivity index (χ1n) is 6.91. The van der Waals surface area contributed by atoms with Crippen molar-refractivity contribution < 1.29 is 4.79 Å². The smallest absolute Gasteiger partial charge is 0.186 e. The largest absolute Gasteiger partial charge is 0.348 e. The summed E-state index contributed by atoms with van der Waals surface area (Å²) in [4.78, 5) is 19.7. The van der Waals surface area contributed by atoms with Crippen LogP contribution < -0.4 is 4.90 Å². The molecule has 1 aliphatic heterocycles. The first-order valence-corrected chi connectivity index (χ1v) is 7.73. The van der Waals surface area contributed by atoms with Gasteiger partial charge in [-0.1, -0.05) is 18.3 Å². The van der Waals surface area contributed by atoms with Crippen molar-refractivity contribution in [1.29, 1.82) is 0 Å². The molecule has 0 amide bonds. The third-order valence-electron chi connectivity index (χ3n) is 3.98. The second-order valence-corrected chi connectivity index (χ2v) is 6.69. The van der Waals surface area contributed by atoms with Crippen molar-refractivity contribution in [1.82, 2.24) is 4.98 Å². The monoisotopic (exact) mass is 264 g/mol. The Bertz CT molecular complexity index is 456. The molecule has 0 bridgehead atoms. The molecule has 0 atom stereocenters. The highest BCUT2D eigenvalue weighted by molar-refractivity contribution is 7.17. The number of Topliss-reactive ketones (excluding diaryl/α,β-unsaturated/α-hetero) is 1. The fourth-order valence-electron chi connectivity index (χ4n) is 2.54. The molecule has 1 saturated carbocycles. The lowest BCUT2D eigenvalue weighted by atomic mass is 10.00. The third kappa shape index (κ3) is 2.30. The Morgan fingerprint density at radius 2 is 1.94 bits per heavy atom. The number of hydrogen-bond donors (Lipinski definition) is 0. The van der Waals surface area contributed by atoms with E-state index < -0.39 is 0 Å². The molecule has 18 heavy (non-hydrogen) atoms. The number of aromatic nitrogens is 1. The minimum atomic E-state index is 0.186. The summed E-state index contributed by atoms with van der Waals surface area (Å²) in [7, 11) is 0. The lowest BCUT2D eigenvalue weighted by Gasteiger charge is -2.29. The van der Waals surface area contributed by atoms with Crippen LogP contribution in [0.25, 0.3) is 0 Å². The van der Waals surface area contributed by atoms with Gasteiger partial charge in [-0.15, -0.1) is 0 Å². The summed E-state index contributed by atoms with van der Waals surface area (Å²) in [5, 5.41) is 1.08. The quantitative estimate of drug-likeness (QED) is 0.784. The van der Waals surface area contributed by atoms with E-state index in [-0.39, 0.29) is 5.78 Å². The zero-order chi connectivity index (χ0) is 12.7. The fourth-order valence-corrected chi connectivity index (χ4v) is 3.64. The van der Waals surface area contributed by atoms with Gasteiger partial charge in [-0.25, -0.2) is 4.98 Å². The van der Waals surface area contributed by atoms with Crippen LogP contribution >= 0.6 is 11.3 Å². The molecule has 2 fully saturated rings. The van der Waals surface area contributed by atoms with E-state index in [4.69, 9.17) is 4.98 Å². The Morgan fingerprint density at radius 1 is 1.28 bits per heavy atom. The highest BCUT2D eigenvalue weighted by atomic mass is 32.1. The van der Waals surface area contributed by atoms with Crippen molar-refractivity contribution in [2.24, 2.45) is 5.92 Å². The van der Waals surface area contributed by atoms with Gasteiger partial charge < -0.3 is 4.90 Å². The lowest BCUT2D eigenvalue weighted by Crippen LogP contribution is -2.32. The molecule has 1 aromatic rings. The van der Waals surface area contributed by atoms with Crippen molar-refractivity contribution in [2.45, 2.75) is 45.4 Å². The van der Waals surface area contributed by atoms with Crippen LogP contribution in [0.3, 0.4) is 0 Å². The van der Waals surface area contributed by atoms with Crippen LogP contribution in [-0.2, 0) is 0 Å². The molecule has 1 aliphatic carbocycles. The molecule has 0 unspecified atom stereocenters. The molecule has 0 aromatic carbocycles. The Hall–Kier alpha value is -0.900. The van der Waals surface area contributed by atoms with Crippen molar-refractivity contribution in [2.75, 3.05) is 18.0 Å². The maximum atomic E-state index is 11.7. The number of thiazole rings is 1. The van der Waals surface area contributed by atoms with E-state index in [0.29, 0.717) is 5.92 Å². The number of hydrogen-bond acceptors (Lipinski definition) is 4. The second-order valence-electron chi connectivity index (χ2n) is 5.71. The van der Waals surface area contributed by atoms with Crippen LogP contribution in [0, 0.1) is 5.92 Å². The normalized spacial score (nSPS) is 21.3. The van der Waals surface area contributed by atoms with Gasteiger partial charge in [0.25, 0.3) is 0 Å². The molecule has 0 spiro atoms. The van der Waals surface area contributed by atoms with Gasteiger partial charge in [-0.05, 0) is 31.6 Å². The van der Waals surface area contributed by atoms with E-state index in [9.17, 15) is 4.79 Å². The van der Waals surface area contributed by atoms with Crippen LogP contribution in [0.2, 0.25) is 0 Å². The van der Waals surface area contributed by atoms with Crippen LogP contribution in [0.4, 0.5) is 5.13 Å². The Balaban J connectivity index is 1.84. The van der Waals surface area contributed by atoms with Crippen LogP contribution in [0.1, 0.15) is 60.8 Å². The summed E-state index contributed by atoms with van der Waals surface area (Å²) in [6.45, 7) is 6.17. The van der Waals surface area contributed by atoms with E-state index >= 15 is 0 Å². The van der Waals surface area contributed by atoms with E-state index in [1.807, 2.05) is 0 Å². The molecule has 3 rings (SSSR count). The van der Waals surface area contributed by atoms with Crippen LogP contribution in [0.15, 0.2) is 0 Å². The summed E-state index contributed by atoms with van der Waals surface area (Å²) in [6.07, 6.45) is 4.91. The molecule has 2 aliphatic rings. The SMILES string of the molecule is CC(=O)c1sc(N2CCC(C)CC2)nc1C1CC1. The average molecular weight is 264 g/mol. The predicted molar refractivity (Wildman–Crippen MR) is 74.7 cm³/mol. The lowest BCUT2D eigenvalue weighted by molar-refractivity contribution is 0.102. The summed E-state index contributed by atoms with van der Waals surface area (Å²) < 4.78 is 0. The van der Waals surface area contributed by atoms with Gasteiger partial charge >= 0.3 is 0 Å². The van der Waals surface area contributed by atoms with Crippen LogP contribution in [-0.4, -0.2) is 23.9 Å². The fraction of sp³-hybridized carbons (Fsp3) is 0.714. The summed E-state index contributed by atoms with van der Waals surface area (Å²) in [6, 6.07) is 0. The highest BCUT2D eigenvalue weighted by Crippen LogP contribution is 2.44. The summed E-state index contributed by atoms with van der Waals surface area (Å²) in [5.74, 6) is 1.58. The zero-order valence-electron chi connectivity index (χ0n) is 11.1. The summed E-state index contributed by atoms with van der Waals surface area (Å²) in [5.41, 5.74) is 1.08. The number of rotatable bonds is 3. The maximum Gasteiger partial charge on any atom is 0.186 e. The number of carbonyl (C=O) groups is 1. The Kier molecular flexibility index (Phi) is 3.14. The first kappa shape index (κ1) is 12.2. The molecular weight excluding hydrogens is 244 g/mol. The zero-order valence-corrected chi connectivity index (χ0v) is 11.9. The summed E-state index contributed by atoms with van der Waals surface area (Å²) >= 11 is 1.61. The number of nitrogens with zero attached hydrogens (tertiary/aromatic N) is 2. The van der Waals surface area contributed by atoms with Gasteiger partial charge in [0.15, 0.2) is 10.9 Å². The minimum Gasteiger partial charge on any atom is -0.348 e. The Labute approximate surface area is 112 Å². The average Bonchev–Trinajstić information content (AvgIpc) is 3.09. The Morgan fingerprint density at radius 3 is 2.50 bits per heavy atom. The van der Waals surface area contributed by atoms with Gasteiger partial charge in [0.1, 0.15) is 0 Å². The molecule has 1 saturated heterocycles. The number of carbonyl (C=O) groups excluding carboxylic acids is 1. The topological polar surface area (TPSA) is 33.2 Å². The maximum absolute atomic E-state index is 11.7. The van der Waals surface area contributed by atoms with E-state index in [0.717, 1.165) is 34.7 Å². The van der Waals surface area contributed by atoms with Crippen molar-refractivity contribution in [3.8, 4) is 0 Å². The standard InChI is InChI=1S/C14H20N2OS/c1-9-5-7-16(8-6-9)14-15-12(11-3-4-11)13(18-14)10(2)17/h9,11H,3-8H2,1-2H3. The van der Waals surface area contributed by atoms with Gasteiger partial charge in [0.2, 0.25) is 0 Å². The second kappa shape index (κ2) is 4.65. The van der Waals surface area contributed by atoms with E-state index in [2.05, 4.69) is 11.8 Å². The molecule has 2 heterocycles. The molecule has 98 valence electrons. The van der Waals surface area contributed by atoms with E-state index in [1.165, 1.54) is 25.7 Å². The molecule has 0 N–H and O–H groups in total. The molecular formula is C14H20N2OS. The van der Waals surface area contributed by atoms with Gasteiger partial charge in [-0.3, -0.25) is 4.79 Å². The molecule has 1 aromatic heterocycles. The van der Waals surface area contributed by atoms with Gasteiger partial charge in [-0.2, -0.15) is 0 Å². The number of ketones is 1.